The van der Waals surface area contributed by atoms with Gasteiger partial charge in [-0.1, -0.05) is 48.3 Å². The minimum absolute atomic E-state index is 0.445. The molecule has 0 radical (unpaired) electrons. The fraction of sp³-hybridized carbons (Fsp3) is 0.154. The van der Waals surface area contributed by atoms with Gasteiger partial charge in [-0.15, -0.1) is 11.7 Å². The zero-order chi connectivity index (χ0) is 14.4. The maximum atomic E-state index is 5.27. The Kier molecular flexibility index (Phi) is 5.51. The summed E-state index contributed by atoms with van der Waals surface area (Å²) in [5.74, 6) is 0.766. The third kappa shape index (κ3) is 4.03. The van der Waals surface area contributed by atoms with E-state index in [1.165, 1.54) is 0 Å². The van der Waals surface area contributed by atoms with Crippen molar-refractivity contribution in [1.82, 2.24) is 10.3 Å². The number of nitrogens with one attached hydrogen (secondary N) is 2. The van der Waals surface area contributed by atoms with Crippen LogP contribution in [-0.2, 0) is 0 Å². The summed E-state index contributed by atoms with van der Waals surface area (Å²) in [4.78, 5) is 2.79. The van der Waals surface area contributed by atoms with Gasteiger partial charge in [0.15, 0.2) is 10.3 Å². The van der Waals surface area contributed by atoms with Crippen molar-refractivity contribution in [2.45, 2.75) is 0 Å². The van der Waals surface area contributed by atoms with Gasteiger partial charge in [0.2, 0.25) is 0 Å². The van der Waals surface area contributed by atoms with Crippen molar-refractivity contribution in [3.8, 4) is 0 Å². The Bertz CT molecular complexity index is 542. The molecule has 2 rings (SSSR count). The highest BCUT2D eigenvalue weighted by Gasteiger charge is 2.23. The van der Waals surface area contributed by atoms with E-state index in [1.54, 1.807) is 17.8 Å². The summed E-state index contributed by atoms with van der Waals surface area (Å²) in [5.41, 5.74) is 3.75. The molecule has 0 bridgehead atoms. The van der Waals surface area contributed by atoms with Gasteiger partial charge < -0.3 is 10.2 Å². The molecule has 4 nitrogen and oxygen atoms in total. The molecule has 20 heavy (non-hydrogen) atoms. The van der Waals surface area contributed by atoms with Gasteiger partial charge in [-0.2, -0.15) is 0 Å². The van der Waals surface area contributed by atoms with Gasteiger partial charge in [0.05, 0.1) is 10.7 Å². The van der Waals surface area contributed by atoms with Crippen molar-refractivity contribution < 1.29 is 0 Å². The number of thiocarbonyl (C=S) groups is 2. The highest BCUT2D eigenvalue weighted by molar-refractivity contribution is 8.15. The molecule has 0 saturated carbocycles. The Morgan fingerprint density at radius 2 is 2.20 bits per heavy atom. The second-order valence-corrected chi connectivity index (χ2v) is 5.73. The van der Waals surface area contributed by atoms with Gasteiger partial charge >= 0.3 is 0 Å². The first-order chi connectivity index (χ1) is 9.70. The van der Waals surface area contributed by atoms with Gasteiger partial charge in [0.1, 0.15) is 0 Å². The summed E-state index contributed by atoms with van der Waals surface area (Å²) < 4.78 is 0. The normalized spacial score (nSPS) is 16.3. The van der Waals surface area contributed by atoms with E-state index in [2.05, 4.69) is 22.4 Å². The van der Waals surface area contributed by atoms with E-state index in [1.807, 2.05) is 35.2 Å². The first kappa shape index (κ1) is 15.0. The molecule has 0 amide bonds. The SMILES string of the molecule is C=CCN1C(=S)CS/C1=N\NC(=S)Nc1ccccc1. The summed E-state index contributed by atoms with van der Waals surface area (Å²) in [6, 6.07) is 9.70. The van der Waals surface area contributed by atoms with E-state index in [4.69, 9.17) is 24.4 Å². The van der Waals surface area contributed by atoms with Gasteiger partial charge in [0.25, 0.3) is 0 Å². The van der Waals surface area contributed by atoms with E-state index in [0.29, 0.717) is 11.7 Å². The van der Waals surface area contributed by atoms with Crippen molar-refractivity contribution in [2.24, 2.45) is 5.10 Å². The second kappa shape index (κ2) is 7.37. The van der Waals surface area contributed by atoms with Gasteiger partial charge in [0, 0.05) is 12.2 Å². The van der Waals surface area contributed by atoms with Crippen molar-refractivity contribution in [2.75, 3.05) is 17.6 Å². The quantitative estimate of drug-likeness (QED) is 0.505. The van der Waals surface area contributed by atoms with E-state index in [-0.39, 0.29) is 0 Å². The third-order valence-corrected chi connectivity index (χ3v) is 4.18. The van der Waals surface area contributed by atoms with Crippen LogP contribution in [0.1, 0.15) is 0 Å². The number of thioether (sulfide) groups is 1. The third-order valence-electron chi connectivity index (χ3n) is 2.45. The fourth-order valence-electron chi connectivity index (χ4n) is 1.57. The lowest BCUT2D eigenvalue weighted by atomic mass is 10.3. The molecule has 1 aliphatic rings. The zero-order valence-corrected chi connectivity index (χ0v) is 13.2. The number of amidine groups is 1. The lowest BCUT2D eigenvalue weighted by molar-refractivity contribution is 0.704. The molecule has 0 aliphatic carbocycles. The summed E-state index contributed by atoms with van der Waals surface area (Å²) in [7, 11) is 0. The molecule has 0 spiro atoms. The van der Waals surface area contributed by atoms with Gasteiger partial charge in [-0.25, -0.2) is 0 Å². The molecule has 104 valence electrons. The Balaban J connectivity index is 1.93. The molecule has 0 aromatic heterocycles. The molecule has 1 aromatic carbocycles. The molecular weight excluding hydrogens is 308 g/mol. The predicted octanol–water partition coefficient (Wildman–Crippen LogP) is 2.81. The molecule has 1 fully saturated rings. The van der Waals surface area contributed by atoms with Crippen LogP contribution in [0.15, 0.2) is 48.1 Å². The van der Waals surface area contributed by atoms with Crippen LogP contribution in [0.3, 0.4) is 0 Å². The van der Waals surface area contributed by atoms with Gasteiger partial charge in [-0.3, -0.25) is 5.43 Å². The van der Waals surface area contributed by atoms with Crippen molar-refractivity contribution in [3.63, 3.8) is 0 Å². The number of rotatable bonds is 4. The molecule has 2 N–H and O–H groups in total. The van der Waals surface area contributed by atoms with E-state index in [0.717, 1.165) is 21.6 Å². The highest BCUT2D eigenvalue weighted by atomic mass is 32.2. The smallest absolute Gasteiger partial charge is 0.191 e. The van der Waals surface area contributed by atoms with Crippen molar-refractivity contribution in [1.29, 1.82) is 0 Å². The monoisotopic (exact) mass is 322 g/mol. The maximum absolute atomic E-state index is 5.27. The predicted molar refractivity (Wildman–Crippen MR) is 95.2 cm³/mol. The lowest BCUT2D eigenvalue weighted by Gasteiger charge is -2.15. The van der Waals surface area contributed by atoms with Crippen LogP contribution in [0.25, 0.3) is 0 Å². The first-order valence-electron chi connectivity index (χ1n) is 5.94. The van der Waals surface area contributed by atoms with Crippen molar-refractivity contribution >= 4 is 57.2 Å². The van der Waals surface area contributed by atoms with E-state index in [9.17, 15) is 0 Å². The minimum atomic E-state index is 0.445. The van der Waals surface area contributed by atoms with Gasteiger partial charge in [-0.05, 0) is 24.4 Å². The zero-order valence-electron chi connectivity index (χ0n) is 10.7. The standard InChI is InChI=1S/C13H14N4S3/c1-2-8-17-11(18)9-20-13(17)16-15-12(19)14-10-6-4-3-5-7-10/h2-7H,1,8-9H2,(H2,14,15,19)/b16-13-. The Labute approximate surface area is 133 Å². The lowest BCUT2D eigenvalue weighted by Crippen LogP contribution is -2.31. The first-order valence-corrected chi connectivity index (χ1v) is 7.74. The molecule has 7 heteroatoms. The van der Waals surface area contributed by atoms with Crippen LogP contribution in [0, 0.1) is 0 Å². The van der Waals surface area contributed by atoms with Crippen LogP contribution >= 0.6 is 36.2 Å². The molecule has 1 aliphatic heterocycles. The van der Waals surface area contributed by atoms with Crippen molar-refractivity contribution in [3.05, 3.63) is 43.0 Å². The fourth-order valence-corrected chi connectivity index (χ4v) is 2.99. The Hall–Kier alpha value is -1.44. The number of hydrazone groups is 1. The average molecular weight is 322 g/mol. The number of hydrogen-bond acceptors (Lipinski definition) is 4. The van der Waals surface area contributed by atoms with Crippen LogP contribution in [0.5, 0.6) is 0 Å². The largest absolute Gasteiger partial charge is 0.331 e. The average Bonchev–Trinajstić information content (AvgIpc) is 2.79. The van der Waals surface area contributed by atoms with Crippen LogP contribution in [0.4, 0.5) is 5.69 Å². The second-order valence-electron chi connectivity index (χ2n) is 3.91. The summed E-state index contributed by atoms with van der Waals surface area (Å²) in [6.07, 6.45) is 1.80. The highest BCUT2D eigenvalue weighted by Crippen LogP contribution is 2.19. The van der Waals surface area contributed by atoms with E-state index >= 15 is 0 Å². The van der Waals surface area contributed by atoms with Crippen LogP contribution in [0.2, 0.25) is 0 Å². The number of hydrogen-bond donors (Lipinski definition) is 2. The number of anilines is 1. The Morgan fingerprint density at radius 1 is 1.45 bits per heavy atom. The van der Waals surface area contributed by atoms with E-state index < -0.39 is 0 Å². The molecule has 0 atom stereocenters. The molecule has 1 aromatic rings. The maximum Gasteiger partial charge on any atom is 0.191 e. The van der Waals surface area contributed by atoms with Crippen LogP contribution < -0.4 is 10.7 Å². The molecule has 1 heterocycles. The summed E-state index contributed by atoms with van der Waals surface area (Å²) in [5, 5.41) is 8.60. The molecular formula is C13H14N4S3. The summed E-state index contributed by atoms with van der Waals surface area (Å²) in [6.45, 7) is 4.38. The molecule has 0 unspecified atom stereocenters. The molecule has 1 saturated heterocycles. The topological polar surface area (TPSA) is 39.7 Å². The summed E-state index contributed by atoms with van der Waals surface area (Å²) >= 11 is 12.0. The minimum Gasteiger partial charge on any atom is -0.331 e. The Morgan fingerprint density at radius 3 is 2.90 bits per heavy atom. The number of nitrogens with zero attached hydrogens (tertiary/aromatic N) is 2. The number of benzene rings is 1. The van der Waals surface area contributed by atoms with Crippen LogP contribution in [-0.4, -0.2) is 32.5 Å². The number of para-hydroxylation sites is 1.